The van der Waals surface area contributed by atoms with E-state index in [1.54, 1.807) is 24.3 Å². The molecule has 0 atom stereocenters. The van der Waals surface area contributed by atoms with Gasteiger partial charge in [-0.15, -0.1) is 30.6 Å². The largest absolute Gasteiger partial charge is 0.508 e. The standard InChI is InChI=1S/C26H22N4O3.2C2H2N2O/c1-26(2,3)20-12-10-16(11-13-20)22-27-28-23(32-22)17-6-4-7-18(14-17)24-29-30-25(33-24)19-8-5-9-21(31)15-19;2*1-2-5-4-3-1/h4-15,31H,1-3H3;2*1-2H. The van der Waals surface area contributed by atoms with Crippen LogP contribution in [0.2, 0.25) is 0 Å². The number of benzene rings is 3. The monoisotopic (exact) mass is 578 g/mol. The fourth-order valence-corrected chi connectivity index (χ4v) is 3.72. The molecule has 4 heterocycles. The number of aromatic hydroxyl groups is 1. The van der Waals surface area contributed by atoms with E-state index in [0.717, 1.165) is 16.7 Å². The number of hydrogen-bond donors (Lipinski definition) is 1. The van der Waals surface area contributed by atoms with E-state index in [-0.39, 0.29) is 11.2 Å². The molecular formula is C30H26N8O5. The quantitative estimate of drug-likeness (QED) is 0.248. The Morgan fingerprint density at radius 3 is 1.42 bits per heavy atom. The lowest BCUT2D eigenvalue weighted by molar-refractivity contribution is 0.392. The van der Waals surface area contributed by atoms with Crippen LogP contribution in [0.4, 0.5) is 0 Å². The summed E-state index contributed by atoms with van der Waals surface area (Å²) < 4.78 is 20.2. The predicted molar refractivity (Wildman–Crippen MR) is 153 cm³/mol. The Morgan fingerprint density at radius 2 is 1.02 bits per heavy atom. The van der Waals surface area contributed by atoms with Crippen LogP contribution in [-0.4, -0.2) is 46.2 Å². The molecule has 0 amide bonds. The Balaban J connectivity index is 0.000000310. The van der Waals surface area contributed by atoms with Crippen molar-refractivity contribution < 1.29 is 23.0 Å². The first-order chi connectivity index (χ1) is 20.9. The van der Waals surface area contributed by atoms with Crippen LogP contribution in [0.3, 0.4) is 0 Å². The van der Waals surface area contributed by atoms with Crippen LogP contribution in [-0.2, 0) is 5.41 Å². The zero-order valence-corrected chi connectivity index (χ0v) is 23.4. The molecule has 13 heteroatoms. The van der Waals surface area contributed by atoms with Gasteiger partial charge in [-0.2, -0.15) is 0 Å². The van der Waals surface area contributed by atoms with Crippen molar-refractivity contribution in [3.63, 3.8) is 0 Å². The van der Waals surface area contributed by atoms with E-state index < -0.39 is 0 Å². The van der Waals surface area contributed by atoms with E-state index in [0.29, 0.717) is 29.1 Å². The van der Waals surface area contributed by atoms with Gasteiger partial charge < -0.3 is 23.0 Å². The number of phenols is 1. The van der Waals surface area contributed by atoms with Crippen LogP contribution in [0.15, 0.2) is 116 Å². The minimum absolute atomic E-state index is 0.0779. The molecule has 0 saturated heterocycles. The summed E-state index contributed by atoms with van der Waals surface area (Å²) in [6.45, 7) is 6.53. The molecule has 1 N–H and O–H groups in total. The van der Waals surface area contributed by atoms with Gasteiger partial charge in [0.25, 0.3) is 0 Å². The third-order valence-electron chi connectivity index (χ3n) is 5.86. The van der Waals surface area contributed by atoms with Crippen molar-refractivity contribution in [3.05, 3.63) is 103 Å². The summed E-state index contributed by atoms with van der Waals surface area (Å²) >= 11 is 0. The molecule has 13 nitrogen and oxygen atoms in total. The van der Waals surface area contributed by atoms with Crippen molar-refractivity contribution in [2.24, 2.45) is 0 Å². The third kappa shape index (κ3) is 7.61. The molecule has 7 aromatic rings. The maximum atomic E-state index is 9.68. The molecule has 0 aliphatic rings. The second-order valence-electron chi connectivity index (χ2n) is 9.96. The second kappa shape index (κ2) is 13.1. The number of phenolic OH excluding ortho intramolecular Hbond substituents is 1. The first kappa shape index (κ1) is 28.5. The lowest BCUT2D eigenvalue weighted by Crippen LogP contribution is -2.10. The predicted octanol–water partition coefficient (Wildman–Crippen LogP) is 6.26. The minimum Gasteiger partial charge on any atom is -0.508 e. The van der Waals surface area contributed by atoms with Crippen LogP contribution in [0.25, 0.3) is 45.8 Å². The molecular weight excluding hydrogens is 552 g/mol. The first-order valence-electron chi connectivity index (χ1n) is 13.0. The molecule has 7 rings (SSSR count). The fourth-order valence-electron chi connectivity index (χ4n) is 3.72. The van der Waals surface area contributed by atoms with Crippen LogP contribution in [0, 0.1) is 0 Å². The number of nitrogens with zero attached hydrogens (tertiary/aromatic N) is 8. The second-order valence-corrected chi connectivity index (χ2v) is 9.96. The van der Waals surface area contributed by atoms with Crippen LogP contribution >= 0.6 is 0 Å². The van der Waals surface area contributed by atoms with Crippen LogP contribution in [0.1, 0.15) is 26.3 Å². The van der Waals surface area contributed by atoms with E-state index in [9.17, 15) is 5.11 Å². The van der Waals surface area contributed by atoms with E-state index in [4.69, 9.17) is 8.83 Å². The summed E-state index contributed by atoms with van der Waals surface area (Å²) in [6.07, 6.45) is 5.75. The molecule has 0 aliphatic heterocycles. The summed E-state index contributed by atoms with van der Waals surface area (Å²) in [6, 6.07) is 22.3. The van der Waals surface area contributed by atoms with Crippen molar-refractivity contribution in [2.45, 2.75) is 26.2 Å². The van der Waals surface area contributed by atoms with E-state index in [1.165, 1.54) is 30.5 Å². The Hall–Kier alpha value is -5.98. The van der Waals surface area contributed by atoms with E-state index >= 15 is 0 Å². The van der Waals surface area contributed by atoms with Gasteiger partial charge in [0.2, 0.25) is 23.6 Å². The van der Waals surface area contributed by atoms with E-state index in [2.05, 4.69) is 83.1 Å². The highest BCUT2D eigenvalue weighted by Crippen LogP contribution is 2.30. The summed E-state index contributed by atoms with van der Waals surface area (Å²) in [4.78, 5) is 0. The third-order valence-corrected chi connectivity index (χ3v) is 5.86. The van der Waals surface area contributed by atoms with Gasteiger partial charge in [0.1, 0.15) is 18.3 Å². The Bertz CT molecular complexity index is 1760. The summed E-state index contributed by atoms with van der Waals surface area (Å²) in [5.74, 6) is 1.67. The molecule has 216 valence electrons. The van der Waals surface area contributed by atoms with Gasteiger partial charge in [-0.05, 0) is 59.5 Å². The van der Waals surface area contributed by atoms with Crippen molar-refractivity contribution in [1.29, 1.82) is 0 Å². The molecule has 3 aromatic carbocycles. The number of hydrogen-bond acceptors (Lipinski definition) is 13. The SMILES string of the molecule is CC(C)(C)c1ccc(-c2nnc(-c3cccc(-c4nnc(-c5cccc(O)c5)o4)c3)o2)cc1.c1conn1.c1conn1. The average molecular weight is 579 g/mol. The maximum absolute atomic E-state index is 9.68. The molecule has 0 saturated carbocycles. The van der Waals surface area contributed by atoms with Gasteiger partial charge in [-0.1, -0.05) is 45.0 Å². The Kier molecular flexibility index (Phi) is 8.71. The highest BCUT2D eigenvalue weighted by Gasteiger charge is 2.17. The molecule has 4 aromatic heterocycles. The fraction of sp³-hybridized carbons (Fsp3) is 0.133. The topological polar surface area (TPSA) is 176 Å². The molecule has 0 radical (unpaired) electrons. The zero-order chi connectivity index (χ0) is 30.1. The van der Waals surface area contributed by atoms with Crippen molar-refractivity contribution in [1.82, 2.24) is 41.1 Å². The van der Waals surface area contributed by atoms with Gasteiger partial charge >= 0.3 is 0 Å². The lowest BCUT2D eigenvalue weighted by Gasteiger charge is -2.18. The number of rotatable bonds is 4. The number of aromatic nitrogens is 8. The van der Waals surface area contributed by atoms with E-state index in [1.807, 2.05) is 36.4 Å². The minimum atomic E-state index is 0.0779. The van der Waals surface area contributed by atoms with Crippen molar-refractivity contribution >= 4 is 0 Å². The van der Waals surface area contributed by atoms with Gasteiger partial charge in [-0.3, -0.25) is 0 Å². The van der Waals surface area contributed by atoms with Crippen LogP contribution < -0.4 is 0 Å². The first-order valence-corrected chi connectivity index (χ1v) is 13.0. The lowest BCUT2D eigenvalue weighted by atomic mass is 9.87. The van der Waals surface area contributed by atoms with Crippen molar-refractivity contribution in [2.75, 3.05) is 0 Å². The van der Waals surface area contributed by atoms with Gasteiger partial charge in [0.05, 0.1) is 12.4 Å². The summed E-state index contributed by atoms with van der Waals surface area (Å²) in [5, 5.41) is 39.2. The Labute approximate surface area is 245 Å². The van der Waals surface area contributed by atoms with Crippen LogP contribution in [0.5, 0.6) is 5.75 Å². The van der Waals surface area contributed by atoms with Gasteiger partial charge in [-0.25, -0.2) is 0 Å². The van der Waals surface area contributed by atoms with Crippen molar-refractivity contribution in [3.8, 4) is 51.6 Å². The molecule has 43 heavy (non-hydrogen) atoms. The Morgan fingerprint density at radius 1 is 0.558 bits per heavy atom. The smallest absolute Gasteiger partial charge is 0.248 e. The highest BCUT2D eigenvalue weighted by molar-refractivity contribution is 5.66. The highest BCUT2D eigenvalue weighted by atomic mass is 16.5. The summed E-state index contributed by atoms with van der Waals surface area (Å²) in [7, 11) is 0. The molecule has 0 aliphatic carbocycles. The van der Waals surface area contributed by atoms with Gasteiger partial charge in [0, 0.05) is 32.8 Å². The molecule has 0 bridgehead atoms. The maximum Gasteiger partial charge on any atom is 0.248 e. The normalized spacial score (nSPS) is 10.8. The molecule has 0 unspecified atom stereocenters. The molecule has 0 fully saturated rings. The summed E-state index contributed by atoms with van der Waals surface area (Å²) in [5.41, 5.74) is 4.29. The average Bonchev–Trinajstić information content (AvgIpc) is 3.86. The van der Waals surface area contributed by atoms with Gasteiger partial charge in [0.15, 0.2) is 0 Å². The zero-order valence-electron chi connectivity index (χ0n) is 23.4. The molecule has 0 spiro atoms.